The summed E-state index contributed by atoms with van der Waals surface area (Å²) in [5.74, 6) is -0.116. The van der Waals surface area contributed by atoms with Crippen LogP contribution in [-0.2, 0) is 0 Å². The fraction of sp³-hybridized carbons (Fsp3) is 0.250. The van der Waals surface area contributed by atoms with Gasteiger partial charge in [-0.15, -0.1) is 0 Å². The Morgan fingerprint density at radius 3 is 2.46 bits per heavy atom. The van der Waals surface area contributed by atoms with E-state index in [0.717, 1.165) is 0 Å². The predicted molar refractivity (Wildman–Crippen MR) is 44.8 cm³/mol. The molecule has 5 heteroatoms. The zero-order valence-electron chi connectivity index (χ0n) is 6.72. The summed E-state index contributed by atoms with van der Waals surface area (Å²) in [5.41, 5.74) is -4.05. The molecule has 0 heterocycles. The minimum absolute atomic E-state index is 0.0347. The predicted octanol–water partition coefficient (Wildman–Crippen LogP) is 3.31. The normalized spacial score (nSPS) is 11.7. The lowest BCUT2D eigenvalue weighted by molar-refractivity contribution is -0.0328. The third-order valence-electron chi connectivity index (χ3n) is 1.48. The van der Waals surface area contributed by atoms with Gasteiger partial charge in [-0.3, -0.25) is 0 Å². The first-order valence-corrected chi connectivity index (χ1v) is 4.26. The van der Waals surface area contributed by atoms with E-state index < -0.39 is 5.51 Å². The second-order valence-electron chi connectivity index (χ2n) is 2.45. The van der Waals surface area contributed by atoms with Crippen LogP contribution in [-0.4, -0.2) is 10.6 Å². The van der Waals surface area contributed by atoms with Crippen molar-refractivity contribution in [3.8, 4) is 5.75 Å². The fourth-order valence-corrected chi connectivity index (χ4v) is 1.49. The van der Waals surface area contributed by atoms with E-state index >= 15 is 0 Å². The fourth-order valence-electron chi connectivity index (χ4n) is 0.838. The Bertz CT molecular complexity index is 309. The van der Waals surface area contributed by atoms with Crippen molar-refractivity contribution in [2.24, 2.45) is 0 Å². The molecule has 1 nitrogen and oxygen atoms in total. The summed E-state index contributed by atoms with van der Waals surface area (Å²) >= 11 is -0.218. The molecule has 0 aliphatic rings. The van der Waals surface area contributed by atoms with Crippen molar-refractivity contribution in [3.63, 3.8) is 0 Å². The number of phenolic OH excluding ortho intramolecular Hbond substituents is 1. The number of benzene rings is 1. The number of rotatable bonds is 1. The first-order chi connectivity index (χ1) is 5.90. The van der Waals surface area contributed by atoms with E-state index in [1.807, 2.05) is 0 Å². The van der Waals surface area contributed by atoms with Crippen molar-refractivity contribution in [3.05, 3.63) is 23.8 Å². The molecule has 0 aliphatic carbocycles. The maximum absolute atomic E-state index is 11.9. The van der Waals surface area contributed by atoms with Gasteiger partial charge in [0.1, 0.15) is 5.75 Å². The molecule has 0 fully saturated rings. The van der Waals surface area contributed by atoms with Crippen LogP contribution in [0.1, 0.15) is 5.56 Å². The molecule has 1 aromatic rings. The van der Waals surface area contributed by atoms with E-state index in [9.17, 15) is 13.2 Å². The third kappa shape index (κ3) is 2.84. The molecule has 0 aliphatic heterocycles. The van der Waals surface area contributed by atoms with Gasteiger partial charge < -0.3 is 5.11 Å². The molecule has 0 saturated heterocycles. The van der Waals surface area contributed by atoms with E-state index in [0.29, 0.717) is 0 Å². The highest BCUT2D eigenvalue weighted by atomic mass is 32.2. The number of phenols is 1. The van der Waals surface area contributed by atoms with E-state index in [4.69, 9.17) is 5.11 Å². The molecule has 13 heavy (non-hydrogen) atoms. The lowest BCUT2D eigenvalue weighted by Gasteiger charge is -2.08. The van der Waals surface area contributed by atoms with Crippen LogP contribution in [0.15, 0.2) is 23.1 Å². The van der Waals surface area contributed by atoms with Crippen LogP contribution in [0.3, 0.4) is 0 Å². The van der Waals surface area contributed by atoms with E-state index in [1.165, 1.54) is 25.1 Å². The highest BCUT2D eigenvalue weighted by molar-refractivity contribution is 8.00. The molecule has 1 N–H and O–H groups in total. The molecule has 0 saturated carbocycles. The van der Waals surface area contributed by atoms with Crippen molar-refractivity contribution >= 4 is 11.8 Å². The second kappa shape index (κ2) is 3.49. The van der Waals surface area contributed by atoms with Crippen molar-refractivity contribution < 1.29 is 18.3 Å². The van der Waals surface area contributed by atoms with Crippen LogP contribution in [0.2, 0.25) is 0 Å². The largest absolute Gasteiger partial charge is 0.508 e. The van der Waals surface area contributed by atoms with Crippen LogP contribution >= 0.6 is 11.8 Å². The standard InChI is InChI=1S/C8H7F3OS/c1-5-6(12)3-2-4-7(5)13-8(9,10)11/h2-4,12H,1H3. The maximum Gasteiger partial charge on any atom is 0.446 e. The Balaban J connectivity index is 2.96. The lowest BCUT2D eigenvalue weighted by atomic mass is 10.2. The minimum Gasteiger partial charge on any atom is -0.508 e. The van der Waals surface area contributed by atoms with E-state index in [1.54, 1.807) is 0 Å². The monoisotopic (exact) mass is 208 g/mol. The van der Waals surface area contributed by atoms with Gasteiger partial charge in [-0.2, -0.15) is 13.2 Å². The third-order valence-corrected chi connectivity index (χ3v) is 2.37. The SMILES string of the molecule is Cc1c(O)cccc1SC(F)(F)F. The smallest absolute Gasteiger partial charge is 0.446 e. The average molecular weight is 208 g/mol. The molecule has 0 aromatic heterocycles. The number of aromatic hydroxyl groups is 1. The maximum atomic E-state index is 11.9. The Kier molecular flexibility index (Phi) is 2.75. The summed E-state index contributed by atoms with van der Waals surface area (Å²) in [6.45, 7) is 1.45. The zero-order chi connectivity index (χ0) is 10.1. The summed E-state index contributed by atoms with van der Waals surface area (Å²) in [5, 5.41) is 9.12. The number of halogens is 3. The van der Waals surface area contributed by atoms with Crippen molar-refractivity contribution in [2.75, 3.05) is 0 Å². The summed E-state index contributed by atoms with van der Waals surface area (Å²) < 4.78 is 35.8. The first kappa shape index (κ1) is 10.2. The van der Waals surface area contributed by atoms with Crippen LogP contribution in [0.4, 0.5) is 13.2 Å². The Morgan fingerprint density at radius 1 is 1.31 bits per heavy atom. The van der Waals surface area contributed by atoms with Gasteiger partial charge in [0.25, 0.3) is 0 Å². The topological polar surface area (TPSA) is 20.2 Å². The van der Waals surface area contributed by atoms with Crippen molar-refractivity contribution in [2.45, 2.75) is 17.3 Å². The van der Waals surface area contributed by atoms with Gasteiger partial charge in [0.05, 0.1) is 0 Å². The molecule has 0 unspecified atom stereocenters. The van der Waals surface area contributed by atoms with Crippen LogP contribution in [0.25, 0.3) is 0 Å². The van der Waals surface area contributed by atoms with Gasteiger partial charge in [-0.1, -0.05) is 6.07 Å². The zero-order valence-corrected chi connectivity index (χ0v) is 7.54. The van der Waals surface area contributed by atoms with Crippen molar-refractivity contribution in [1.82, 2.24) is 0 Å². The Hall–Kier alpha value is -0.840. The van der Waals surface area contributed by atoms with Gasteiger partial charge in [0.15, 0.2) is 0 Å². The molecule has 0 amide bonds. The van der Waals surface area contributed by atoms with Gasteiger partial charge in [-0.25, -0.2) is 0 Å². The molecule has 0 spiro atoms. The van der Waals surface area contributed by atoms with Gasteiger partial charge in [-0.05, 0) is 30.8 Å². The van der Waals surface area contributed by atoms with Gasteiger partial charge in [0, 0.05) is 10.5 Å². The second-order valence-corrected chi connectivity index (χ2v) is 3.55. The summed E-state index contributed by atoms with van der Waals surface area (Å²) in [7, 11) is 0. The number of alkyl halides is 3. The van der Waals surface area contributed by atoms with Gasteiger partial charge in [0.2, 0.25) is 0 Å². The molecule has 72 valence electrons. The van der Waals surface area contributed by atoms with E-state index in [2.05, 4.69) is 0 Å². The first-order valence-electron chi connectivity index (χ1n) is 3.44. The molecule has 0 radical (unpaired) electrons. The highest BCUT2D eigenvalue weighted by Crippen LogP contribution is 2.40. The van der Waals surface area contributed by atoms with Crippen LogP contribution in [0, 0.1) is 6.92 Å². The Morgan fingerprint density at radius 2 is 1.92 bits per heavy atom. The average Bonchev–Trinajstić information content (AvgIpc) is 1.96. The molecular formula is C8H7F3OS. The number of hydrogen-bond acceptors (Lipinski definition) is 2. The summed E-state index contributed by atoms with van der Waals surface area (Å²) in [6, 6.07) is 4.07. The molecule has 1 aromatic carbocycles. The van der Waals surface area contributed by atoms with Crippen LogP contribution in [0.5, 0.6) is 5.75 Å². The summed E-state index contributed by atoms with van der Waals surface area (Å²) in [4.78, 5) is 0.0347. The highest BCUT2D eigenvalue weighted by Gasteiger charge is 2.30. The van der Waals surface area contributed by atoms with Gasteiger partial charge >= 0.3 is 5.51 Å². The Labute approximate surface area is 77.6 Å². The number of hydrogen-bond donors (Lipinski definition) is 1. The van der Waals surface area contributed by atoms with E-state index in [-0.39, 0.29) is 28.0 Å². The molecule has 1 rings (SSSR count). The lowest BCUT2D eigenvalue weighted by Crippen LogP contribution is -1.99. The van der Waals surface area contributed by atoms with Crippen LogP contribution < -0.4 is 0 Å². The molecular weight excluding hydrogens is 201 g/mol. The number of thioether (sulfide) groups is 1. The summed E-state index contributed by atoms with van der Waals surface area (Å²) in [6.07, 6.45) is 0. The molecule has 0 bridgehead atoms. The molecule has 0 atom stereocenters. The minimum atomic E-state index is -4.31. The van der Waals surface area contributed by atoms with Crippen molar-refractivity contribution in [1.29, 1.82) is 0 Å². The quantitative estimate of drug-likeness (QED) is 0.714.